The van der Waals surface area contributed by atoms with Crippen LogP contribution in [0.25, 0.3) is 0 Å². The van der Waals surface area contributed by atoms with Crippen LogP contribution in [0.15, 0.2) is 0 Å². The summed E-state index contributed by atoms with van der Waals surface area (Å²) in [4.78, 5) is 0. The fraction of sp³-hybridized carbons (Fsp3) is 0. The van der Waals surface area contributed by atoms with Gasteiger partial charge < -0.3 is 1.43 Å². The fourth-order valence-corrected chi connectivity index (χ4v) is 0. The molecule has 0 amide bonds. The van der Waals surface area contributed by atoms with Crippen LogP contribution in [0.3, 0.4) is 0 Å². The molecule has 0 aromatic carbocycles. The van der Waals surface area contributed by atoms with E-state index in [2.05, 4.69) is 0 Å². The molecule has 0 unspecified atom stereocenters. The standard InChI is InChI=1S/Co.Mn.Na.Ni.2H2O.2O.H/h;;;;2*1H2;;;/q;+2;+1;;;;;;-1/p-2. The van der Waals surface area contributed by atoms with Gasteiger partial charge in [0, 0.05) is 33.3 Å². The van der Waals surface area contributed by atoms with E-state index < -0.39 is 13.4 Å². The first-order valence-corrected chi connectivity index (χ1v) is 2.67. The summed E-state index contributed by atoms with van der Waals surface area (Å²) in [6, 6.07) is 0. The van der Waals surface area contributed by atoms with Gasteiger partial charge in [-0.2, -0.15) is 0 Å². The molecule has 0 fully saturated rings. The van der Waals surface area contributed by atoms with Crippen LogP contribution in [0, 0.1) is 0 Å². The van der Waals surface area contributed by atoms with Crippen molar-refractivity contribution in [2.75, 3.05) is 0 Å². The van der Waals surface area contributed by atoms with Crippen LogP contribution < -0.4 is 29.6 Å². The Kier molecular flexibility index (Phi) is 25.4. The molecule has 54 valence electrons. The maximum absolute atomic E-state index is 8.80. The number of rotatable bonds is 0. The first kappa shape index (κ1) is 22.5. The normalized spacial score (nSPS) is 7.25. The summed E-state index contributed by atoms with van der Waals surface area (Å²) in [6.45, 7) is 0. The quantitative estimate of drug-likeness (QED) is 0.434. The van der Waals surface area contributed by atoms with E-state index >= 15 is 0 Å². The summed E-state index contributed by atoms with van der Waals surface area (Å²) < 4.78 is 31.8. The topological polar surface area (TPSA) is 74.6 Å². The molecule has 0 aliphatic carbocycles. The maximum atomic E-state index is 8.80. The summed E-state index contributed by atoms with van der Waals surface area (Å²) in [5, 5.41) is 0. The minimum absolute atomic E-state index is 0. The van der Waals surface area contributed by atoms with Crippen molar-refractivity contribution in [2.45, 2.75) is 0 Å². The molecule has 0 bridgehead atoms. The molecule has 0 aliphatic rings. The summed E-state index contributed by atoms with van der Waals surface area (Å²) in [7, 11) is 0. The van der Waals surface area contributed by atoms with E-state index in [0.29, 0.717) is 0 Å². The first-order valence-electron chi connectivity index (χ1n) is 0.647. The average Bonchev–Trinajstić information content (AvgIpc) is 0.722. The summed E-state index contributed by atoms with van der Waals surface area (Å²) in [6.07, 6.45) is 0. The molecule has 0 aromatic rings. The van der Waals surface area contributed by atoms with E-state index in [1.54, 1.807) is 0 Å². The van der Waals surface area contributed by atoms with Gasteiger partial charge in [0.15, 0.2) is 0 Å². The van der Waals surface area contributed by atoms with Crippen LogP contribution >= 0.6 is 0 Å². The molecule has 0 aliphatic heterocycles. The molecular formula is H3CoMnNaNiO4. The van der Waals surface area contributed by atoms with E-state index in [9.17, 15) is 0 Å². The summed E-state index contributed by atoms with van der Waals surface area (Å²) in [5.74, 6) is 0. The zero-order valence-corrected chi connectivity index (χ0v) is 8.95. The van der Waals surface area contributed by atoms with Crippen molar-refractivity contribution < 1.29 is 93.7 Å². The van der Waals surface area contributed by atoms with Gasteiger partial charge in [-0.05, 0) is 0 Å². The third kappa shape index (κ3) is 95.8. The van der Waals surface area contributed by atoms with E-state index in [0.717, 1.165) is 0 Å². The first-order chi connectivity index (χ1) is 2.00. The second-order valence-corrected chi connectivity index (χ2v) is 1.71. The van der Waals surface area contributed by atoms with Gasteiger partial charge in [0.2, 0.25) is 0 Å². The Hall–Kier alpha value is 2.04. The van der Waals surface area contributed by atoms with E-state index in [1.165, 1.54) is 0 Å². The molecule has 0 atom stereocenters. The molecule has 2 N–H and O–H groups in total. The monoisotopic (exact) mass is 262 g/mol. The third-order valence-corrected chi connectivity index (χ3v) is 0. The van der Waals surface area contributed by atoms with Gasteiger partial charge in [0.05, 0.1) is 0 Å². The molecule has 1 radical (unpaired) electrons. The average molecular weight is 263 g/mol. The predicted octanol–water partition coefficient (Wildman–Crippen LogP) is -4.24. The van der Waals surface area contributed by atoms with Crippen molar-refractivity contribution in [3.63, 3.8) is 0 Å². The molecule has 0 heterocycles. The van der Waals surface area contributed by atoms with Crippen LogP contribution in [0.2, 0.25) is 0 Å². The van der Waals surface area contributed by atoms with Crippen LogP contribution in [0.1, 0.15) is 1.43 Å². The van der Waals surface area contributed by atoms with Crippen molar-refractivity contribution >= 4 is 0 Å². The molecule has 8 heteroatoms. The summed E-state index contributed by atoms with van der Waals surface area (Å²) in [5.41, 5.74) is 0. The van der Waals surface area contributed by atoms with Gasteiger partial charge in [-0.3, -0.25) is 0 Å². The van der Waals surface area contributed by atoms with Crippen molar-refractivity contribution in [2.24, 2.45) is 0 Å². The van der Waals surface area contributed by atoms with Gasteiger partial charge in [0.25, 0.3) is 0 Å². The Morgan fingerprint density at radius 1 is 1.25 bits per heavy atom. The van der Waals surface area contributed by atoms with Crippen LogP contribution in [0.5, 0.6) is 0 Å². The Morgan fingerprint density at radius 3 is 1.25 bits per heavy atom. The SMILES string of the molecule is [Co].[H-].[Na+].[Ni].[O]=[Mn](=[O])([OH])[OH]. The second kappa shape index (κ2) is 9.04. The molecule has 8 heavy (non-hydrogen) atoms. The third-order valence-electron chi connectivity index (χ3n) is 0. The molecule has 4 nitrogen and oxygen atoms in total. The predicted molar refractivity (Wildman–Crippen MR) is 6.92 cm³/mol. The molecule has 0 spiro atoms. The minimum atomic E-state index is -5.12. The van der Waals surface area contributed by atoms with Gasteiger partial charge >= 0.3 is 59.0 Å². The Balaban J connectivity index is -0.0000000133. The zero-order valence-electron chi connectivity index (χ0n) is 4.74. The van der Waals surface area contributed by atoms with E-state index in [4.69, 9.17) is 16.0 Å². The summed E-state index contributed by atoms with van der Waals surface area (Å²) >= 11 is -5.12. The fourth-order valence-electron chi connectivity index (χ4n) is 0. The van der Waals surface area contributed by atoms with Crippen LogP contribution in [-0.4, -0.2) is 8.38 Å². The van der Waals surface area contributed by atoms with Gasteiger partial charge in [-0.1, -0.05) is 0 Å². The molecule has 0 saturated heterocycles. The Labute approximate surface area is 92.6 Å². The van der Waals surface area contributed by atoms with Gasteiger partial charge in [-0.25, -0.2) is 0 Å². The molecule has 0 saturated carbocycles. The van der Waals surface area contributed by atoms with Crippen molar-refractivity contribution in [1.29, 1.82) is 0 Å². The van der Waals surface area contributed by atoms with E-state index in [1.807, 2.05) is 0 Å². The number of hydrogen-bond donors (Lipinski definition) is 2. The number of hydrogen-bond acceptors (Lipinski definition) is 2. The Morgan fingerprint density at radius 2 is 1.25 bits per heavy atom. The van der Waals surface area contributed by atoms with Gasteiger partial charge in [0.1, 0.15) is 0 Å². The molecular weight excluding hydrogens is 260 g/mol. The van der Waals surface area contributed by atoms with Crippen molar-refractivity contribution in [1.82, 2.24) is 0 Å². The van der Waals surface area contributed by atoms with Crippen molar-refractivity contribution in [3.8, 4) is 0 Å². The van der Waals surface area contributed by atoms with Gasteiger partial charge in [-0.15, -0.1) is 0 Å². The second-order valence-electron chi connectivity index (χ2n) is 0.415. The van der Waals surface area contributed by atoms with E-state index in [-0.39, 0.29) is 64.3 Å². The Bertz CT molecular complexity index is 104. The molecule has 0 rings (SSSR count). The molecule has 0 aromatic heterocycles. The van der Waals surface area contributed by atoms with Crippen LogP contribution in [-0.2, 0) is 54.3 Å². The van der Waals surface area contributed by atoms with Crippen molar-refractivity contribution in [3.05, 3.63) is 0 Å². The van der Waals surface area contributed by atoms with Crippen LogP contribution in [0.4, 0.5) is 0 Å². The zero-order chi connectivity index (χ0) is 4.50.